The molecule has 3 nitrogen and oxygen atoms in total. The Bertz CT molecular complexity index is 664. The maximum absolute atomic E-state index is 13.6. The lowest BCUT2D eigenvalue weighted by molar-refractivity contribution is 0.0696. The Morgan fingerprint density at radius 1 is 1.30 bits per heavy atom. The lowest BCUT2D eigenvalue weighted by atomic mass is 10.1. The number of halogens is 3. The highest BCUT2D eigenvalue weighted by molar-refractivity contribution is 9.10. The number of hydrogen-bond donors (Lipinski definition) is 2. The van der Waals surface area contributed by atoms with Crippen LogP contribution >= 0.6 is 27.5 Å². The van der Waals surface area contributed by atoms with E-state index in [1.54, 1.807) is 18.2 Å². The first-order valence-corrected chi connectivity index (χ1v) is 6.85. The number of carbonyl (C=O) groups is 1. The molecule has 0 saturated carbocycles. The maximum atomic E-state index is 13.6. The van der Waals surface area contributed by atoms with E-state index in [0.29, 0.717) is 5.02 Å². The number of hydrogen-bond acceptors (Lipinski definition) is 2. The minimum atomic E-state index is -1.08. The highest BCUT2D eigenvalue weighted by Crippen LogP contribution is 2.26. The van der Waals surface area contributed by atoms with Crippen molar-refractivity contribution in [3.8, 4) is 0 Å². The molecule has 2 aromatic carbocycles. The van der Waals surface area contributed by atoms with Crippen molar-refractivity contribution in [1.82, 2.24) is 0 Å². The summed E-state index contributed by atoms with van der Waals surface area (Å²) in [6.45, 7) is 0.174. The number of carboxylic acids is 1. The minimum absolute atomic E-state index is 0.0540. The topological polar surface area (TPSA) is 49.3 Å². The Labute approximate surface area is 128 Å². The van der Waals surface area contributed by atoms with Crippen molar-refractivity contribution < 1.29 is 14.3 Å². The molecule has 0 unspecified atom stereocenters. The van der Waals surface area contributed by atoms with E-state index in [4.69, 9.17) is 16.7 Å². The second-order valence-corrected chi connectivity index (χ2v) is 5.38. The van der Waals surface area contributed by atoms with Crippen LogP contribution in [-0.2, 0) is 6.54 Å². The van der Waals surface area contributed by atoms with Crippen LogP contribution in [-0.4, -0.2) is 11.1 Å². The van der Waals surface area contributed by atoms with Crippen LogP contribution in [0.15, 0.2) is 40.9 Å². The number of rotatable bonds is 4. The standard InChI is InChI=1S/C14H10BrClFNO2/c15-11-6-10(16)2-4-13(11)18-7-9-5-8(14(19)20)1-3-12(9)17/h1-6,18H,7H2,(H,19,20). The molecule has 0 saturated heterocycles. The van der Waals surface area contributed by atoms with Gasteiger partial charge < -0.3 is 10.4 Å². The number of nitrogens with one attached hydrogen (secondary N) is 1. The van der Waals surface area contributed by atoms with Crippen molar-refractivity contribution in [2.45, 2.75) is 6.54 Å². The Morgan fingerprint density at radius 2 is 2.05 bits per heavy atom. The average Bonchev–Trinajstić information content (AvgIpc) is 2.39. The van der Waals surface area contributed by atoms with Gasteiger partial charge in [0, 0.05) is 27.3 Å². The van der Waals surface area contributed by atoms with Crippen LogP contribution < -0.4 is 5.32 Å². The van der Waals surface area contributed by atoms with Gasteiger partial charge in [-0.1, -0.05) is 11.6 Å². The molecule has 0 aliphatic rings. The Kier molecular flexibility index (Phi) is 4.62. The fourth-order valence-electron chi connectivity index (χ4n) is 1.67. The minimum Gasteiger partial charge on any atom is -0.478 e. The van der Waals surface area contributed by atoms with Crippen LogP contribution in [0.2, 0.25) is 5.02 Å². The van der Waals surface area contributed by atoms with Crippen molar-refractivity contribution in [3.63, 3.8) is 0 Å². The van der Waals surface area contributed by atoms with Gasteiger partial charge in [0.05, 0.1) is 5.56 Å². The van der Waals surface area contributed by atoms with Crippen molar-refractivity contribution >= 4 is 39.2 Å². The summed E-state index contributed by atoms with van der Waals surface area (Å²) < 4.78 is 14.4. The van der Waals surface area contributed by atoms with Gasteiger partial charge in [-0.2, -0.15) is 0 Å². The Morgan fingerprint density at radius 3 is 2.70 bits per heavy atom. The summed E-state index contributed by atoms with van der Waals surface area (Å²) in [5.41, 5.74) is 1.08. The third-order valence-corrected chi connectivity index (χ3v) is 3.58. The van der Waals surface area contributed by atoms with Crippen molar-refractivity contribution in [2.75, 3.05) is 5.32 Å². The van der Waals surface area contributed by atoms with E-state index in [1.165, 1.54) is 12.1 Å². The molecule has 0 amide bonds. The average molecular weight is 359 g/mol. The second kappa shape index (κ2) is 6.24. The molecule has 2 rings (SSSR count). The maximum Gasteiger partial charge on any atom is 0.335 e. The predicted octanol–water partition coefficient (Wildman–Crippen LogP) is 4.55. The van der Waals surface area contributed by atoms with Gasteiger partial charge >= 0.3 is 5.97 Å². The van der Waals surface area contributed by atoms with E-state index in [9.17, 15) is 9.18 Å². The molecular weight excluding hydrogens is 349 g/mol. The summed E-state index contributed by atoms with van der Waals surface area (Å²) >= 11 is 9.17. The lowest BCUT2D eigenvalue weighted by Crippen LogP contribution is -2.05. The molecule has 0 bridgehead atoms. The van der Waals surface area contributed by atoms with Gasteiger partial charge in [0.15, 0.2) is 0 Å². The van der Waals surface area contributed by atoms with E-state index in [1.807, 2.05) is 0 Å². The van der Waals surface area contributed by atoms with Crippen LogP contribution in [0.1, 0.15) is 15.9 Å². The molecule has 0 radical (unpaired) electrons. The fraction of sp³-hybridized carbons (Fsp3) is 0.0714. The molecule has 104 valence electrons. The molecule has 2 aromatic rings. The molecule has 0 heterocycles. The second-order valence-electron chi connectivity index (χ2n) is 4.09. The smallest absolute Gasteiger partial charge is 0.335 e. The van der Waals surface area contributed by atoms with Crippen molar-refractivity contribution in [3.05, 3.63) is 62.8 Å². The molecule has 0 aromatic heterocycles. The van der Waals surface area contributed by atoms with Gasteiger partial charge in [0.1, 0.15) is 5.82 Å². The predicted molar refractivity (Wildman–Crippen MR) is 79.8 cm³/mol. The first-order chi connectivity index (χ1) is 9.47. The van der Waals surface area contributed by atoms with Gasteiger partial charge in [0.2, 0.25) is 0 Å². The van der Waals surface area contributed by atoms with Gasteiger partial charge in [-0.15, -0.1) is 0 Å². The van der Waals surface area contributed by atoms with Gasteiger partial charge in [-0.25, -0.2) is 9.18 Å². The number of aromatic carboxylic acids is 1. The number of carboxylic acid groups (broad SMARTS) is 1. The van der Waals surface area contributed by atoms with E-state index in [0.717, 1.165) is 16.2 Å². The summed E-state index contributed by atoms with van der Waals surface area (Å²) in [6, 6.07) is 8.88. The molecule has 0 fully saturated rings. The molecule has 2 N–H and O–H groups in total. The Hall–Kier alpha value is -1.59. The van der Waals surface area contributed by atoms with Crippen LogP contribution in [0.4, 0.5) is 10.1 Å². The number of benzene rings is 2. The zero-order valence-corrected chi connectivity index (χ0v) is 12.5. The summed E-state index contributed by atoms with van der Waals surface area (Å²) in [5, 5.41) is 12.5. The molecule has 6 heteroatoms. The van der Waals surface area contributed by atoms with Crippen LogP contribution in [0.25, 0.3) is 0 Å². The summed E-state index contributed by atoms with van der Waals surface area (Å²) in [7, 11) is 0. The van der Waals surface area contributed by atoms with Crippen LogP contribution in [0, 0.1) is 5.82 Å². The van der Waals surface area contributed by atoms with E-state index in [-0.39, 0.29) is 17.7 Å². The van der Waals surface area contributed by atoms with E-state index < -0.39 is 11.8 Å². The SMILES string of the molecule is O=C(O)c1ccc(F)c(CNc2ccc(Cl)cc2Br)c1. The lowest BCUT2D eigenvalue weighted by Gasteiger charge is -2.10. The van der Waals surface area contributed by atoms with Gasteiger partial charge in [0.25, 0.3) is 0 Å². The van der Waals surface area contributed by atoms with E-state index in [2.05, 4.69) is 21.2 Å². The first kappa shape index (κ1) is 14.8. The van der Waals surface area contributed by atoms with Crippen molar-refractivity contribution in [2.24, 2.45) is 0 Å². The molecule has 0 atom stereocenters. The summed E-state index contributed by atoms with van der Waals surface area (Å²) in [4.78, 5) is 10.9. The van der Waals surface area contributed by atoms with Crippen molar-refractivity contribution in [1.29, 1.82) is 0 Å². The quantitative estimate of drug-likeness (QED) is 0.843. The van der Waals surface area contributed by atoms with E-state index >= 15 is 0 Å². The largest absolute Gasteiger partial charge is 0.478 e. The molecule has 0 aliphatic heterocycles. The monoisotopic (exact) mass is 357 g/mol. The summed E-state index contributed by atoms with van der Waals surface area (Å²) in [6.07, 6.45) is 0. The molecule has 0 aliphatic carbocycles. The zero-order valence-electron chi connectivity index (χ0n) is 10.2. The Balaban J connectivity index is 2.18. The number of anilines is 1. The van der Waals surface area contributed by atoms with Crippen LogP contribution in [0.3, 0.4) is 0 Å². The molecular formula is C14H10BrClFNO2. The highest BCUT2D eigenvalue weighted by atomic mass is 79.9. The normalized spacial score (nSPS) is 10.3. The molecule has 0 spiro atoms. The third kappa shape index (κ3) is 3.49. The molecule has 20 heavy (non-hydrogen) atoms. The highest BCUT2D eigenvalue weighted by Gasteiger charge is 2.09. The summed E-state index contributed by atoms with van der Waals surface area (Å²) in [5.74, 6) is -1.54. The zero-order chi connectivity index (χ0) is 14.7. The van der Waals surface area contributed by atoms with Gasteiger partial charge in [-0.05, 0) is 52.3 Å². The van der Waals surface area contributed by atoms with Crippen LogP contribution in [0.5, 0.6) is 0 Å². The first-order valence-electron chi connectivity index (χ1n) is 5.68. The van der Waals surface area contributed by atoms with Gasteiger partial charge in [-0.3, -0.25) is 0 Å². The third-order valence-electron chi connectivity index (χ3n) is 2.69. The fourth-order valence-corrected chi connectivity index (χ4v) is 2.49.